The molecule has 1 amide bonds. The summed E-state index contributed by atoms with van der Waals surface area (Å²) in [5.41, 5.74) is 9.79. The second-order valence-corrected chi connectivity index (χ2v) is 8.56. The number of hydrogen-bond acceptors (Lipinski definition) is 6. The Labute approximate surface area is 187 Å². The van der Waals surface area contributed by atoms with Crippen LogP contribution in [0, 0.1) is 0 Å². The molecule has 3 aromatic rings. The highest BCUT2D eigenvalue weighted by Gasteiger charge is 2.19. The van der Waals surface area contributed by atoms with Gasteiger partial charge in [-0.15, -0.1) is 23.7 Å². The Morgan fingerprint density at radius 1 is 1.30 bits per heavy atom. The third-order valence-electron chi connectivity index (χ3n) is 5.70. The van der Waals surface area contributed by atoms with Gasteiger partial charge in [-0.2, -0.15) is 5.10 Å². The minimum absolute atomic E-state index is 0. The van der Waals surface area contributed by atoms with Crippen LogP contribution in [0.15, 0.2) is 30.0 Å². The highest BCUT2D eigenvalue weighted by molar-refractivity contribution is 7.12. The van der Waals surface area contributed by atoms with E-state index in [-0.39, 0.29) is 24.4 Å². The highest BCUT2D eigenvalue weighted by atomic mass is 35.5. The molecular formula is C21H29ClN6OS. The zero-order valence-corrected chi connectivity index (χ0v) is 19.0. The van der Waals surface area contributed by atoms with E-state index >= 15 is 0 Å². The van der Waals surface area contributed by atoms with E-state index in [0.717, 1.165) is 61.2 Å². The number of carbonyl (C=O) groups is 1. The van der Waals surface area contributed by atoms with Crippen molar-refractivity contribution in [1.82, 2.24) is 19.9 Å². The van der Waals surface area contributed by atoms with E-state index in [0.29, 0.717) is 10.9 Å². The number of piperidine rings is 1. The van der Waals surface area contributed by atoms with E-state index in [1.165, 1.54) is 11.3 Å². The Balaban J connectivity index is 0.00000256. The smallest absolute Gasteiger partial charge is 0.261 e. The van der Waals surface area contributed by atoms with Gasteiger partial charge in [0.1, 0.15) is 0 Å². The molecule has 9 heteroatoms. The fourth-order valence-corrected chi connectivity index (χ4v) is 4.55. The maximum atomic E-state index is 12.5. The summed E-state index contributed by atoms with van der Waals surface area (Å²) in [6, 6.07) is 2.45. The number of thiophene rings is 1. The minimum atomic E-state index is -0.00928. The molecule has 1 aliphatic heterocycles. The van der Waals surface area contributed by atoms with Crippen LogP contribution in [0.3, 0.4) is 0 Å². The molecule has 0 radical (unpaired) electrons. The lowest BCUT2D eigenvalue weighted by atomic mass is 10.1. The average Bonchev–Trinajstić information content (AvgIpc) is 3.39. The number of aromatic nitrogens is 3. The number of halogens is 1. The van der Waals surface area contributed by atoms with Crippen LogP contribution in [0.25, 0.3) is 16.8 Å². The van der Waals surface area contributed by atoms with Gasteiger partial charge in [0.15, 0.2) is 5.65 Å². The third-order valence-corrected chi connectivity index (χ3v) is 6.63. The maximum Gasteiger partial charge on any atom is 0.261 e. The van der Waals surface area contributed by atoms with Crippen molar-refractivity contribution < 1.29 is 4.79 Å². The second kappa shape index (κ2) is 9.76. The van der Waals surface area contributed by atoms with Gasteiger partial charge in [0.05, 0.1) is 29.2 Å². The lowest BCUT2D eigenvalue weighted by Gasteiger charge is -2.31. The number of fused-ring (bicyclic) bond motifs is 1. The molecule has 0 aromatic carbocycles. The predicted octanol–water partition coefficient (Wildman–Crippen LogP) is 3.73. The number of nitrogens with one attached hydrogen (secondary N) is 1. The molecule has 30 heavy (non-hydrogen) atoms. The SMILES string of the molecule is CCC(CC)NC(=O)c1cc(-c2cnn3cc(N4CCC(N)CC4)cnc23)cs1.Cl. The molecule has 1 saturated heterocycles. The molecule has 1 fully saturated rings. The van der Waals surface area contributed by atoms with Gasteiger partial charge in [0.25, 0.3) is 5.91 Å². The van der Waals surface area contributed by atoms with Crippen molar-refractivity contribution in [3.05, 3.63) is 34.9 Å². The fourth-order valence-electron chi connectivity index (χ4n) is 3.74. The van der Waals surface area contributed by atoms with Gasteiger partial charge in [-0.1, -0.05) is 13.8 Å². The molecule has 0 unspecified atom stereocenters. The Bertz CT molecular complexity index is 990. The number of rotatable bonds is 6. The first-order valence-corrected chi connectivity index (χ1v) is 11.2. The normalized spacial score (nSPS) is 14.9. The first kappa shape index (κ1) is 22.5. The van der Waals surface area contributed by atoms with Gasteiger partial charge < -0.3 is 16.0 Å². The molecule has 0 saturated carbocycles. The number of hydrogen-bond donors (Lipinski definition) is 2. The van der Waals surface area contributed by atoms with Crippen LogP contribution in [0.1, 0.15) is 49.2 Å². The third kappa shape index (κ3) is 4.61. The quantitative estimate of drug-likeness (QED) is 0.599. The van der Waals surface area contributed by atoms with Gasteiger partial charge in [-0.3, -0.25) is 4.79 Å². The monoisotopic (exact) mass is 448 g/mol. The van der Waals surface area contributed by atoms with E-state index in [9.17, 15) is 4.79 Å². The molecule has 4 heterocycles. The van der Waals surface area contributed by atoms with Crippen LogP contribution in [0.2, 0.25) is 0 Å². The zero-order valence-electron chi connectivity index (χ0n) is 17.4. The molecule has 3 N–H and O–H groups in total. The summed E-state index contributed by atoms with van der Waals surface area (Å²) in [7, 11) is 0. The van der Waals surface area contributed by atoms with Crippen LogP contribution < -0.4 is 16.0 Å². The Morgan fingerprint density at radius 3 is 2.73 bits per heavy atom. The second-order valence-electron chi connectivity index (χ2n) is 7.65. The molecule has 3 aromatic heterocycles. The van der Waals surface area contributed by atoms with E-state index in [1.807, 2.05) is 34.6 Å². The number of nitrogens with zero attached hydrogens (tertiary/aromatic N) is 4. The summed E-state index contributed by atoms with van der Waals surface area (Å²) in [6.45, 7) is 6.07. The minimum Gasteiger partial charge on any atom is -0.369 e. The largest absolute Gasteiger partial charge is 0.369 e. The van der Waals surface area contributed by atoms with Crippen LogP contribution in [-0.2, 0) is 0 Å². The molecular weight excluding hydrogens is 420 g/mol. The molecule has 4 rings (SSSR count). The summed E-state index contributed by atoms with van der Waals surface area (Å²) in [5.74, 6) is -0.00928. The Morgan fingerprint density at radius 2 is 2.03 bits per heavy atom. The molecule has 162 valence electrons. The average molecular weight is 449 g/mol. The first-order valence-electron chi connectivity index (χ1n) is 10.3. The number of amides is 1. The van der Waals surface area contributed by atoms with E-state index in [1.54, 1.807) is 0 Å². The lowest BCUT2D eigenvalue weighted by Crippen LogP contribution is -2.39. The van der Waals surface area contributed by atoms with Crippen LogP contribution in [0.5, 0.6) is 0 Å². The number of carbonyl (C=O) groups excluding carboxylic acids is 1. The van der Waals surface area contributed by atoms with Crippen LogP contribution in [-0.4, -0.2) is 45.7 Å². The number of nitrogens with two attached hydrogens (primary N) is 1. The standard InChI is InChI=1S/C21H28N6OS.ClH/c1-3-16(4-2)25-21(28)19-9-14(13-29-19)18-11-24-27-12-17(10-23-20(18)27)26-7-5-15(22)6-8-26;/h9-13,15-16H,3-8,22H2,1-2H3,(H,25,28);1H. The fraction of sp³-hybridized carbons (Fsp3) is 0.476. The summed E-state index contributed by atoms with van der Waals surface area (Å²) >= 11 is 1.46. The summed E-state index contributed by atoms with van der Waals surface area (Å²) in [6.07, 6.45) is 9.62. The zero-order chi connectivity index (χ0) is 20.4. The van der Waals surface area contributed by atoms with E-state index in [4.69, 9.17) is 5.73 Å². The van der Waals surface area contributed by atoms with Gasteiger partial charge in [0, 0.05) is 30.7 Å². The van der Waals surface area contributed by atoms with Crippen LogP contribution >= 0.6 is 23.7 Å². The van der Waals surface area contributed by atoms with Crippen molar-refractivity contribution in [2.75, 3.05) is 18.0 Å². The van der Waals surface area contributed by atoms with Gasteiger partial charge >= 0.3 is 0 Å². The highest BCUT2D eigenvalue weighted by Crippen LogP contribution is 2.29. The first-order chi connectivity index (χ1) is 14.1. The molecule has 1 aliphatic rings. The number of anilines is 1. The van der Waals surface area contributed by atoms with Crippen molar-refractivity contribution in [2.45, 2.75) is 51.6 Å². The van der Waals surface area contributed by atoms with Crippen molar-refractivity contribution in [3.8, 4) is 11.1 Å². The maximum absolute atomic E-state index is 12.5. The Hall–Kier alpha value is -2.16. The van der Waals surface area contributed by atoms with Crippen molar-refractivity contribution in [2.24, 2.45) is 5.73 Å². The van der Waals surface area contributed by atoms with Gasteiger partial charge in [-0.25, -0.2) is 9.50 Å². The van der Waals surface area contributed by atoms with Crippen molar-refractivity contribution in [1.29, 1.82) is 0 Å². The van der Waals surface area contributed by atoms with E-state index in [2.05, 4.69) is 34.1 Å². The van der Waals surface area contributed by atoms with Gasteiger partial charge in [0.2, 0.25) is 0 Å². The topological polar surface area (TPSA) is 88.6 Å². The molecule has 0 atom stereocenters. The Kier molecular flexibility index (Phi) is 7.33. The van der Waals surface area contributed by atoms with E-state index < -0.39 is 0 Å². The van der Waals surface area contributed by atoms with Gasteiger partial charge in [-0.05, 0) is 42.7 Å². The molecule has 7 nitrogen and oxygen atoms in total. The summed E-state index contributed by atoms with van der Waals surface area (Å²) < 4.78 is 1.82. The lowest BCUT2D eigenvalue weighted by molar-refractivity contribution is 0.0939. The molecule has 0 spiro atoms. The van der Waals surface area contributed by atoms with Crippen molar-refractivity contribution >= 4 is 41.0 Å². The summed E-state index contributed by atoms with van der Waals surface area (Å²) in [5, 5.41) is 9.60. The summed E-state index contributed by atoms with van der Waals surface area (Å²) in [4.78, 5) is 20.2. The van der Waals surface area contributed by atoms with Crippen LogP contribution in [0.4, 0.5) is 5.69 Å². The van der Waals surface area contributed by atoms with Crippen molar-refractivity contribution in [3.63, 3.8) is 0 Å². The predicted molar refractivity (Wildman–Crippen MR) is 125 cm³/mol. The molecule has 0 bridgehead atoms. The molecule has 0 aliphatic carbocycles.